The third-order valence-electron chi connectivity index (χ3n) is 8.16. The van der Waals surface area contributed by atoms with E-state index in [2.05, 4.69) is 15.6 Å². The summed E-state index contributed by atoms with van der Waals surface area (Å²) in [5, 5.41) is 15.2. The molecule has 2 aliphatic rings. The molecule has 12 nitrogen and oxygen atoms in total. The number of aliphatic carboxylic acids is 1. The number of pyridine rings is 1. The van der Waals surface area contributed by atoms with E-state index in [-0.39, 0.29) is 29.9 Å². The van der Waals surface area contributed by atoms with Gasteiger partial charge in [0.2, 0.25) is 5.91 Å². The molecule has 49 heavy (non-hydrogen) atoms. The number of carbonyl (C=O) groups is 3. The number of hydrogen-bond acceptors (Lipinski definition) is 9. The molecule has 260 valence electrons. The highest BCUT2D eigenvalue weighted by molar-refractivity contribution is 7.92. The molecule has 1 aromatic heterocycles. The summed E-state index contributed by atoms with van der Waals surface area (Å²) in [5.41, 5.74) is 10.2. The second-order valence-electron chi connectivity index (χ2n) is 13.1. The normalized spacial score (nSPS) is 17.1. The zero-order valence-electron chi connectivity index (χ0n) is 28.7. The Kier molecular flexibility index (Phi) is 10.9. The Morgan fingerprint density at radius 2 is 1.78 bits per heavy atom. The summed E-state index contributed by atoms with van der Waals surface area (Å²) in [6.45, 7) is 10.0. The molecule has 2 aliphatic heterocycles. The molecule has 0 saturated carbocycles. The summed E-state index contributed by atoms with van der Waals surface area (Å²) in [7, 11) is -2.16. The van der Waals surface area contributed by atoms with Gasteiger partial charge in [-0.15, -0.1) is 0 Å². The highest BCUT2D eigenvalue weighted by Gasteiger charge is 2.34. The number of likely N-dealkylation sites (N-methyl/N-ethyl adjacent to an activating group) is 1. The van der Waals surface area contributed by atoms with Crippen molar-refractivity contribution < 1.29 is 32.6 Å². The highest BCUT2D eigenvalue weighted by Crippen LogP contribution is 2.33. The first-order valence-corrected chi connectivity index (χ1v) is 17.1. The minimum atomic E-state index is -3.80. The number of nitrogens with one attached hydrogen (secondary N) is 2. The first-order valence-electron chi connectivity index (χ1n) is 15.7. The molecule has 2 amide bonds. The number of anilines is 3. The van der Waals surface area contributed by atoms with Gasteiger partial charge in [-0.1, -0.05) is 25.1 Å². The van der Waals surface area contributed by atoms with Crippen molar-refractivity contribution in [3.8, 4) is 0 Å². The highest BCUT2D eigenvalue weighted by atomic mass is 32.2. The third-order valence-corrected chi connectivity index (χ3v) is 10.8. The monoisotopic (exact) mass is 689 g/mol. The fourth-order valence-corrected chi connectivity index (χ4v) is 6.92. The van der Waals surface area contributed by atoms with Gasteiger partial charge in [-0.25, -0.2) is 18.2 Å². The van der Waals surface area contributed by atoms with Gasteiger partial charge in [0.05, 0.1) is 16.2 Å². The largest absolute Gasteiger partial charge is 0.481 e. The number of nitrogens with two attached hydrogens (primary N) is 1. The molecule has 13 heteroatoms. The van der Waals surface area contributed by atoms with Crippen molar-refractivity contribution in [2.75, 3.05) is 30.0 Å². The maximum atomic E-state index is 14.3. The van der Waals surface area contributed by atoms with E-state index in [1.54, 1.807) is 40.1 Å². The van der Waals surface area contributed by atoms with Crippen molar-refractivity contribution in [2.45, 2.75) is 69.7 Å². The van der Waals surface area contributed by atoms with E-state index in [9.17, 15) is 18.0 Å². The van der Waals surface area contributed by atoms with Crippen LogP contribution in [0.4, 0.5) is 22.0 Å². The van der Waals surface area contributed by atoms with E-state index in [0.29, 0.717) is 22.8 Å². The standard InChI is InChI=1S/C34H39N5O5S.C2H4O2/c1-20-15-23-7-10-27(20)21(2)19-44-33(41)38-26-9-12-29(45(42,43)34(3,4)5)24(17-26)18-39(6)32(40)30(23)37-25-8-11-28-22(16-25)13-14-36-31(28)35;1-2(3)4/h7-17,21,30,37H,18-19H2,1-6H3,(H2,35,36)(H,38,41);1H3,(H,3,4)/t21-,30+;/m0./s1. The number of nitrogen functional groups attached to an aromatic ring is 1. The van der Waals surface area contributed by atoms with Gasteiger partial charge in [0.25, 0.3) is 5.97 Å². The van der Waals surface area contributed by atoms with Gasteiger partial charge >= 0.3 is 6.09 Å². The zero-order valence-corrected chi connectivity index (χ0v) is 29.5. The number of ether oxygens (including phenoxy) is 1. The SMILES string of the molecule is CC(=O)O.Cc1cc2ccc1[C@@H](C)COC(=O)Nc1ccc(S(=O)(=O)C(C)(C)C)c(c1)CN(C)C(=O)[C@@H]2Nc1ccc2c(N)nccc2c1. The lowest BCUT2D eigenvalue weighted by Gasteiger charge is -2.28. The number of fused-ring (bicyclic) bond motifs is 10. The van der Waals surface area contributed by atoms with Gasteiger partial charge in [-0.2, -0.15) is 0 Å². The number of nitrogens with zero attached hydrogens (tertiary/aromatic N) is 2. The smallest absolute Gasteiger partial charge is 0.411 e. The Hall–Kier alpha value is -5.17. The van der Waals surface area contributed by atoms with Crippen molar-refractivity contribution in [3.63, 3.8) is 0 Å². The van der Waals surface area contributed by atoms with Crippen LogP contribution in [0.2, 0.25) is 0 Å². The lowest BCUT2D eigenvalue weighted by atomic mass is 9.93. The van der Waals surface area contributed by atoms with E-state index in [0.717, 1.165) is 34.4 Å². The van der Waals surface area contributed by atoms with Crippen LogP contribution in [0.25, 0.3) is 10.8 Å². The van der Waals surface area contributed by atoms with Gasteiger partial charge in [0.15, 0.2) is 9.84 Å². The van der Waals surface area contributed by atoms with Crippen molar-refractivity contribution in [3.05, 3.63) is 89.1 Å². The Morgan fingerprint density at radius 3 is 2.43 bits per heavy atom. The van der Waals surface area contributed by atoms with Crippen LogP contribution in [0.5, 0.6) is 0 Å². The van der Waals surface area contributed by atoms with E-state index in [1.165, 1.54) is 17.0 Å². The Bertz CT molecular complexity index is 2000. The number of rotatable bonds is 3. The maximum Gasteiger partial charge on any atom is 0.411 e. The quantitative estimate of drug-likeness (QED) is 0.192. The first kappa shape index (κ1) is 36.7. The molecular formula is C36H43N5O7S. The summed E-state index contributed by atoms with van der Waals surface area (Å²) in [4.78, 5) is 41.8. The van der Waals surface area contributed by atoms with E-state index in [4.69, 9.17) is 20.4 Å². The van der Waals surface area contributed by atoms with Crippen LogP contribution >= 0.6 is 0 Å². The van der Waals surface area contributed by atoms with Gasteiger partial charge in [-0.05, 0) is 97.8 Å². The van der Waals surface area contributed by atoms with Crippen LogP contribution in [0.15, 0.2) is 71.8 Å². The number of aryl methyl sites for hydroxylation is 1. The predicted octanol–water partition coefficient (Wildman–Crippen LogP) is 6.27. The van der Waals surface area contributed by atoms with Crippen molar-refractivity contribution in [1.82, 2.24) is 9.88 Å². The molecule has 3 heterocycles. The molecule has 0 spiro atoms. The Labute approximate surface area is 286 Å². The lowest BCUT2D eigenvalue weighted by molar-refractivity contribution is -0.134. The van der Waals surface area contributed by atoms with Crippen LogP contribution in [-0.2, 0) is 30.7 Å². The van der Waals surface area contributed by atoms with Gasteiger partial charge in [-0.3, -0.25) is 14.9 Å². The van der Waals surface area contributed by atoms with Crippen LogP contribution in [0.1, 0.15) is 68.8 Å². The molecule has 3 aromatic carbocycles. The molecule has 0 unspecified atom stereocenters. The van der Waals surface area contributed by atoms with Crippen molar-refractivity contribution >= 4 is 55.8 Å². The summed E-state index contributed by atoms with van der Waals surface area (Å²) in [6.07, 6.45) is 0.988. The molecule has 5 N–H and O–H groups in total. The number of carboxylic acids is 1. The minimum Gasteiger partial charge on any atom is -0.481 e. The lowest BCUT2D eigenvalue weighted by Crippen LogP contribution is -2.36. The van der Waals surface area contributed by atoms with Crippen LogP contribution in [0.3, 0.4) is 0 Å². The molecule has 0 aliphatic carbocycles. The average molecular weight is 690 g/mol. The second kappa shape index (κ2) is 14.5. The average Bonchev–Trinajstić information content (AvgIpc) is 3.01. The molecule has 6 rings (SSSR count). The summed E-state index contributed by atoms with van der Waals surface area (Å²) >= 11 is 0. The number of sulfone groups is 1. The van der Waals surface area contributed by atoms with Crippen LogP contribution in [0, 0.1) is 6.92 Å². The number of hydrogen-bond donors (Lipinski definition) is 4. The number of aromatic nitrogens is 1. The van der Waals surface area contributed by atoms with Crippen molar-refractivity contribution in [1.29, 1.82) is 0 Å². The summed E-state index contributed by atoms with van der Waals surface area (Å²) in [6, 6.07) is 17.1. The molecule has 0 saturated heterocycles. The second-order valence-corrected chi connectivity index (χ2v) is 15.8. The minimum absolute atomic E-state index is 0.0275. The van der Waals surface area contributed by atoms with Crippen molar-refractivity contribution in [2.24, 2.45) is 0 Å². The fraction of sp³-hybridized carbons (Fsp3) is 0.333. The number of carbonyl (C=O) groups excluding carboxylic acids is 2. The topological polar surface area (TPSA) is 181 Å². The molecule has 4 aromatic rings. The van der Waals surface area contributed by atoms with Gasteiger partial charge in [0, 0.05) is 49.4 Å². The zero-order chi connectivity index (χ0) is 36.3. The molecule has 0 fully saturated rings. The van der Waals surface area contributed by atoms with Crippen LogP contribution in [-0.4, -0.2) is 59.8 Å². The third kappa shape index (κ3) is 8.47. The summed E-state index contributed by atoms with van der Waals surface area (Å²) in [5.74, 6) is -0.797. The first-order chi connectivity index (χ1) is 22.9. The molecular weight excluding hydrogens is 646 g/mol. The van der Waals surface area contributed by atoms with E-state index in [1.807, 2.05) is 56.3 Å². The summed E-state index contributed by atoms with van der Waals surface area (Å²) < 4.78 is 31.7. The number of carboxylic acid groups (broad SMARTS) is 1. The van der Waals surface area contributed by atoms with Crippen LogP contribution < -0.4 is 16.4 Å². The molecule has 4 bridgehead atoms. The Morgan fingerprint density at radius 1 is 1.08 bits per heavy atom. The fourth-order valence-electron chi connectivity index (χ4n) is 5.55. The number of benzene rings is 3. The number of amides is 2. The molecule has 2 atom stereocenters. The van der Waals surface area contributed by atoms with Gasteiger partial charge in [0.1, 0.15) is 11.9 Å². The maximum absolute atomic E-state index is 14.3. The van der Waals surface area contributed by atoms with E-state index < -0.39 is 32.7 Å². The Balaban J connectivity index is 0.00000128. The molecule has 0 radical (unpaired) electrons. The van der Waals surface area contributed by atoms with E-state index >= 15 is 0 Å². The predicted molar refractivity (Wildman–Crippen MR) is 190 cm³/mol. The van der Waals surface area contributed by atoms with Gasteiger partial charge < -0.3 is 25.8 Å².